The number of ether oxygens (including phenoxy) is 1. The summed E-state index contributed by atoms with van der Waals surface area (Å²) in [6, 6.07) is 4.92. The smallest absolute Gasteiger partial charge is 0.419 e. The van der Waals surface area contributed by atoms with Crippen molar-refractivity contribution >= 4 is 40.3 Å². The van der Waals surface area contributed by atoms with Crippen molar-refractivity contribution in [3.63, 3.8) is 0 Å². The Kier molecular flexibility index (Phi) is 5.74. The highest BCUT2D eigenvalue weighted by atomic mass is 35.5. The summed E-state index contributed by atoms with van der Waals surface area (Å²) in [7, 11) is 0. The summed E-state index contributed by atoms with van der Waals surface area (Å²) < 4.78 is 6.65. The molecule has 2 aromatic heterocycles. The molecule has 1 aromatic carbocycles. The fourth-order valence-electron chi connectivity index (χ4n) is 2.69. The number of benzene rings is 1. The minimum Gasteiger partial charge on any atom is -0.443 e. The molecule has 29 heavy (non-hydrogen) atoms. The van der Waals surface area contributed by atoms with Gasteiger partial charge in [-0.05, 0) is 45.2 Å². The normalized spacial score (nSPS) is 11.3. The van der Waals surface area contributed by atoms with Gasteiger partial charge in [0.05, 0.1) is 5.69 Å². The van der Waals surface area contributed by atoms with Crippen LogP contribution in [0.15, 0.2) is 36.9 Å². The van der Waals surface area contributed by atoms with E-state index in [4.69, 9.17) is 16.3 Å². The molecule has 2 amide bonds. The summed E-state index contributed by atoms with van der Waals surface area (Å²) in [5, 5.41) is 7.30. The Labute approximate surface area is 173 Å². The third kappa shape index (κ3) is 4.83. The predicted molar refractivity (Wildman–Crippen MR) is 112 cm³/mol. The van der Waals surface area contributed by atoms with Crippen LogP contribution in [0, 0.1) is 0 Å². The molecule has 0 unspecified atom stereocenters. The van der Waals surface area contributed by atoms with E-state index in [2.05, 4.69) is 20.6 Å². The van der Waals surface area contributed by atoms with E-state index in [1.54, 1.807) is 45.3 Å². The molecule has 152 valence electrons. The minimum absolute atomic E-state index is 0.350. The molecule has 0 atom stereocenters. The lowest BCUT2D eigenvalue weighted by Crippen LogP contribution is -2.28. The average Bonchev–Trinajstić information content (AvgIpc) is 3.11. The van der Waals surface area contributed by atoms with Gasteiger partial charge >= 0.3 is 12.1 Å². The lowest BCUT2D eigenvalue weighted by Gasteiger charge is -2.19. The van der Waals surface area contributed by atoms with Gasteiger partial charge in [-0.25, -0.2) is 24.1 Å². The van der Waals surface area contributed by atoms with Gasteiger partial charge in [-0.15, -0.1) is 0 Å². The number of hydrogen-bond acceptors (Lipinski definition) is 5. The number of nitrogens with one attached hydrogen (secondary N) is 2. The zero-order chi connectivity index (χ0) is 21.2. The quantitative estimate of drug-likeness (QED) is 0.647. The number of fused-ring (bicyclic) bond motifs is 1. The van der Waals surface area contributed by atoms with E-state index in [1.165, 1.54) is 10.9 Å². The van der Waals surface area contributed by atoms with Crippen LogP contribution in [0.2, 0.25) is 5.02 Å². The number of anilines is 1. The molecule has 0 bridgehead atoms. The monoisotopic (exact) mass is 415 g/mol. The van der Waals surface area contributed by atoms with Crippen molar-refractivity contribution in [1.29, 1.82) is 0 Å². The number of imidazole rings is 1. The van der Waals surface area contributed by atoms with Crippen molar-refractivity contribution in [1.82, 2.24) is 19.9 Å². The standard InChI is InChI=1S/C20H22ClN5O3/c1-5-22-18(27)25-17-8-13-12(6-7-15(21)14(13)9-23-17)16-10-26(11-24-16)19(28)29-20(2,3)4/h6-11H,5H2,1-4H3,(H2,22,23,25,27). The summed E-state index contributed by atoms with van der Waals surface area (Å²) in [4.78, 5) is 32.7. The fraction of sp³-hybridized carbons (Fsp3) is 0.300. The fourth-order valence-corrected chi connectivity index (χ4v) is 2.91. The van der Waals surface area contributed by atoms with Gasteiger partial charge in [0.2, 0.25) is 0 Å². The molecular formula is C20H22ClN5O3. The first kappa shape index (κ1) is 20.6. The highest BCUT2D eigenvalue weighted by molar-refractivity contribution is 6.36. The van der Waals surface area contributed by atoms with Gasteiger partial charge in [0.1, 0.15) is 17.7 Å². The minimum atomic E-state index is -0.611. The number of amides is 2. The Balaban J connectivity index is 2.00. The lowest BCUT2D eigenvalue weighted by molar-refractivity contribution is 0.0536. The number of halogens is 1. The van der Waals surface area contributed by atoms with E-state index < -0.39 is 11.7 Å². The van der Waals surface area contributed by atoms with Crippen LogP contribution < -0.4 is 10.6 Å². The SMILES string of the molecule is CCNC(=O)Nc1cc2c(-c3cn(C(=O)OC(C)(C)C)cn3)ccc(Cl)c2cn1. The molecule has 0 spiro atoms. The topological polar surface area (TPSA) is 98.1 Å². The van der Waals surface area contributed by atoms with Gasteiger partial charge in [0, 0.05) is 34.9 Å². The molecule has 0 radical (unpaired) electrons. The maximum atomic E-state index is 12.3. The number of aromatic nitrogens is 3. The second-order valence-electron chi connectivity index (χ2n) is 7.34. The first-order valence-electron chi connectivity index (χ1n) is 9.09. The van der Waals surface area contributed by atoms with Gasteiger partial charge in [-0.2, -0.15) is 0 Å². The third-order valence-electron chi connectivity index (χ3n) is 3.89. The summed E-state index contributed by atoms with van der Waals surface area (Å²) >= 11 is 6.31. The Hall–Kier alpha value is -3.13. The van der Waals surface area contributed by atoms with E-state index in [0.717, 1.165) is 10.9 Å². The highest BCUT2D eigenvalue weighted by Gasteiger charge is 2.19. The molecule has 0 saturated heterocycles. The molecule has 2 heterocycles. The van der Waals surface area contributed by atoms with Crippen LogP contribution in [0.1, 0.15) is 27.7 Å². The Morgan fingerprint density at radius 2 is 1.97 bits per heavy atom. The molecule has 0 aliphatic carbocycles. The first-order valence-corrected chi connectivity index (χ1v) is 9.46. The summed E-state index contributed by atoms with van der Waals surface area (Å²) in [5.74, 6) is 0.374. The molecule has 2 N–H and O–H groups in total. The summed E-state index contributed by atoms with van der Waals surface area (Å²) in [5.41, 5.74) is 0.695. The van der Waals surface area contributed by atoms with Crippen LogP contribution in [-0.2, 0) is 4.74 Å². The highest BCUT2D eigenvalue weighted by Crippen LogP contribution is 2.33. The predicted octanol–water partition coefficient (Wildman–Crippen LogP) is 4.68. The van der Waals surface area contributed by atoms with Crippen molar-refractivity contribution in [2.24, 2.45) is 0 Å². The Morgan fingerprint density at radius 1 is 1.21 bits per heavy atom. The first-order chi connectivity index (χ1) is 13.7. The number of carbonyl (C=O) groups is 2. The molecule has 9 heteroatoms. The molecule has 8 nitrogen and oxygen atoms in total. The van der Waals surface area contributed by atoms with Gasteiger partial charge < -0.3 is 10.1 Å². The van der Waals surface area contributed by atoms with Crippen molar-refractivity contribution in [3.05, 3.63) is 41.9 Å². The Bertz CT molecular complexity index is 1070. The number of urea groups is 1. The maximum absolute atomic E-state index is 12.3. The number of pyridine rings is 1. The number of rotatable bonds is 3. The van der Waals surface area contributed by atoms with Gasteiger partial charge in [0.15, 0.2) is 0 Å². The molecule has 0 fully saturated rings. The van der Waals surface area contributed by atoms with Crippen LogP contribution in [-0.4, -0.2) is 38.8 Å². The zero-order valence-electron chi connectivity index (χ0n) is 16.6. The van der Waals surface area contributed by atoms with Gasteiger partial charge in [-0.1, -0.05) is 17.7 Å². The third-order valence-corrected chi connectivity index (χ3v) is 4.22. The molecular weight excluding hydrogens is 394 g/mol. The van der Waals surface area contributed by atoms with Crippen molar-refractivity contribution in [2.45, 2.75) is 33.3 Å². The van der Waals surface area contributed by atoms with Crippen molar-refractivity contribution in [2.75, 3.05) is 11.9 Å². The van der Waals surface area contributed by atoms with Crippen LogP contribution in [0.25, 0.3) is 22.0 Å². The second kappa shape index (κ2) is 8.08. The summed E-state index contributed by atoms with van der Waals surface area (Å²) in [6.45, 7) is 7.72. The molecule has 3 aromatic rings. The zero-order valence-corrected chi connectivity index (χ0v) is 17.4. The van der Waals surface area contributed by atoms with E-state index in [-0.39, 0.29) is 6.03 Å². The van der Waals surface area contributed by atoms with Crippen molar-refractivity contribution < 1.29 is 14.3 Å². The van der Waals surface area contributed by atoms with Crippen LogP contribution >= 0.6 is 11.6 Å². The average molecular weight is 416 g/mol. The van der Waals surface area contributed by atoms with E-state index >= 15 is 0 Å². The number of hydrogen-bond donors (Lipinski definition) is 2. The van der Waals surface area contributed by atoms with Crippen LogP contribution in [0.3, 0.4) is 0 Å². The second-order valence-corrected chi connectivity index (χ2v) is 7.75. The Morgan fingerprint density at radius 3 is 2.66 bits per heavy atom. The van der Waals surface area contributed by atoms with Crippen LogP contribution in [0.4, 0.5) is 15.4 Å². The number of nitrogens with zero attached hydrogens (tertiary/aromatic N) is 3. The van der Waals surface area contributed by atoms with E-state index in [1.807, 2.05) is 13.0 Å². The molecule has 0 saturated carbocycles. The lowest BCUT2D eigenvalue weighted by atomic mass is 10.0. The van der Waals surface area contributed by atoms with E-state index in [0.29, 0.717) is 28.5 Å². The molecule has 0 aliphatic rings. The largest absolute Gasteiger partial charge is 0.443 e. The summed E-state index contributed by atoms with van der Waals surface area (Å²) in [6.07, 6.45) is 4.07. The van der Waals surface area contributed by atoms with Crippen molar-refractivity contribution in [3.8, 4) is 11.3 Å². The molecule has 3 rings (SSSR count). The molecule has 0 aliphatic heterocycles. The maximum Gasteiger partial charge on any atom is 0.419 e. The van der Waals surface area contributed by atoms with Gasteiger partial charge in [0.25, 0.3) is 0 Å². The number of carbonyl (C=O) groups excluding carboxylic acids is 2. The van der Waals surface area contributed by atoms with Crippen LogP contribution in [0.5, 0.6) is 0 Å². The van der Waals surface area contributed by atoms with E-state index in [9.17, 15) is 9.59 Å². The van der Waals surface area contributed by atoms with Gasteiger partial charge in [-0.3, -0.25) is 5.32 Å².